The number of rotatable bonds is 8. The van der Waals surface area contributed by atoms with Gasteiger partial charge in [0.25, 0.3) is 0 Å². The predicted octanol–water partition coefficient (Wildman–Crippen LogP) is 2.23. The second-order valence-electron chi connectivity index (χ2n) is 4.83. The van der Waals surface area contributed by atoms with Gasteiger partial charge in [-0.25, -0.2) is 8.42 Å². The standard InChI is InChI=1S/C14H23ClN2O3S/c1-4-11(2)17(7-8-20-3)21(18,19)14-6-5-12(10-16)9-13(14)15/h5-6,9,11H,4,7-8,10,16H2,1-3H3. The molecule has 0 saturated carbocycles. The number of sulfonamides is 1. The number of methoxy groups -OCH3 is 1. The normalized spacial score (nSPS) is 13.6. The lowest BCUT2D eigenvalue weighted by Crippen LogP contribution is -2.40. The molecule has 1 aromatic rings. The van der Waals surface area contributed by atoms with E-state index in [4.69, 9.17) is 22.1 Å². The first kappa shape index (κ1) is 18.4. The van der Waals surface area contributed by atoms with Gasteiger partial charge in [-0.2, -0.15) is 4.31 Å². The molecule has 0 fully saturated rings. The minimum Gasteiger partial charge on any atom is -0.383 e. The molecule has 1 rings (SSSR count). The first-order valence-electron chi connectivity index (χ1n) is 6.87. The molecule has 0 aromatic heterocycles. The van der Waals surface area contributed by atoms with Crippen molar-refractivity contribution in [1.29, 1.82) is 0 Å². The second-order valence-corrected chi connectivity index (χ2v) is 7.10. The number of benzene rings is 1. The molecule has 0 radical (unpaired) electrons. The topological polar surface area (TPSA) is 72.6 Å². The number of ether oxygens (including phenoxy) is 1. The molecule has 0 aliphatic rings. The van der Waals surface area contributed by atoms with Crippen molar-refractivity contribution in [3.05, 3.63) is 28.8 Å². The molecule has 1 aromatic carbocycles. The summed E-state index contributed by atoms with van der Waals surface area (Å²) in [5.41, 5.74) is 6.34. The monoisotopic (exact) mass is 334 g/mol. The number of hydrogen-bond donors (Lipinski definition) is 1. The average Bonchev–Trinajstić information content (AvgIpc) is 2.46. The summed E-state index contributed by atoms with van der Waals surface area (Å²) in [6.07, 6.45) is 0.710. The first-order chi connectivity index (χ1) is 9.88. The van der Waals surface area contributed by atoms with Gasteiger partial charge in [-0.3, -0.25) is 0 Å². The van der Waals surface area contributed by atoms with Crippen molar-refractivity contribution in [1.82, 2.24) is 4.31 Å². The van der Waals surface area contributed by atoms with Crippen molar-refractivity contribution in [2.75, 3.05) is 20.3 Å². The highest BCUT2D eigenvalue weighted by atomic mass is 35.5. The molecular weight excluding hydrogens is 312 g/mol. The van der Waals surface area contributed by atoms with E-state index in [-0.39, 0.29) is 16.0 Å². The molecule has 0 aliphatic heterocycles. The van der Waals surface area contributed by atoms with E-state index in [0.29, 0.717) is 26.1 Å². The van der Waals surface area contributed by atoms with Gasteiger partial charge in [0.1, 0.15) is 4.90 Å². The van der Waals surface area contributed by atoms with E-state index in [2.05, 4.69) is 0 Å². The Kier molecular flexibility index (Phi) is 7.09. The number of halogens is 1. The Labute approximate surface area is 132 Å². The van der Waals surface area contributed by atoms with E-state index in [1.165, 1.54) is 10.4 Å². The summed E-state index contributed by atoms with van der Waals surface area (Å²) in [4.78, 5) is 0.109. The Hall–Kier alpha value is -0.660. The zero-order valence-electron chi connectivity index (χ0n) is 12.7. The van der Waals surface area contributed by atoms with Crippen LogP contribution in [0.1, 0.15) is 25.8 Å². The van der Waals surface area contributed by atoms with Gasteiger partial charge in [-0.1, -0.05) is 24.6 Å². The Morgan fingerprint density at radius 1 is 1.43 bits per heavy atom. The van der Waals surface area contributed by atoms with Gasteiger partial charge in [0.2, 0.25) is 10.0 Å². The molecule has 0 bridgehead atoms. The second kappa shape index (κ2) is 8.10. The summed E-state index contributed by atoms with van der Waals surface area (Å²) in [5, 5.41) is 0.198. The van der Waals surface area contributed by atoms with Crippen LogP contribution in [-0.2, 0) is 21.3 Å². The van der Waals surface area contributed by atoms with E-state index in [9.17, 15) is 8.42 Å². The third-order valence-electron chi connectivity index (χ3n) is 3.42. The summed E-state index contributed by atoms with van der Waals surface area (Å²) < 4.78 is 32.1. The first-order valence-corrected chi connectivity index (χ1v) is 8.69. The fourth-order valence-corrected chi connectivity index (χ4v) is 4.20. The quantitative estimate of drug-likeness (QED) is 0.791. The SMILES string of the molecule is CCC(C)N(CCOC)S(=O)(=O)c1ccc(CN)cc1Cl. The summed E-state index contributed by atoms with van der Waals surface area (Å²) in [7, 11) is -2.11. The lowest BCUT2D eigenvalue weighted by atomic mass is 10.2. The highest BCUT2D eigenvalue weighted by Gasteiger charge is 2.29. The Morgan fingerprint density at radius 2 is 2.10 bits per heavy atom. The number of hydrogen-bond acceptors (Lipinski definition) is 4. The van der Waals surface area contributed by atoms with Gasteiger partial charge in [0, 0.05) is 26.2 Å². The predicted molar refractivity (Wildman–Crippen MR) is 84.9 cm³/mol. The fourth-order valence-electron chi connectivity index (χ4n) is 1.97. The van der Waals surface area contributed by atoms with E-state index in [0.717, 1.165) is 5.56 Å². The zero-order chi connectivity index (χ0) is 16.0. The van der Waals surface area contributed by atoms with Crippen LogP contribution in [0.3, 0.4) is 0 Å². The maximum atomic E-state index is 12.8. The molecule has 120 valence electrons. The summed E-state index contributed by atoms with van der Waals surface area (Å²) in [6.45, 7) is 4.76. The van der Waals surface area contributed by atoms with Gasteiger partial charge in [-0.05, 0) is 31.0 Å². The molecule has 0 spiro atoms. The molecule has 0 heterocycles. The molecule has 2 N–H and O–H groups in total. The maximum Gasteiger partial charge on any atom is 0.244 e. The van der Waals surface area contributed by atoms with Crippen LogP contribution in [0.4, 0.5) is 0 Å². The van der Waals surface area contributed by atoms with Gasteiger partial charge in [-0.15, -0.1) is 0 Å². The van der Waals surface area contributed by atoms with Gasteiger partial charge >= 0.3 is 0 Å². The summed E-state index contributed by atoms with van der Waals surface area (Å²) in [6, 6.07) is 4.67. The van der Waals surface area contributed by atoms with E-state index in [1.807, 2.05) is 13.8 Å². The number of nitrogens with zero attached hydrogens (tertiary/aromatic N) is 1. The molecule has 21 heavy (non-hydrogen) atoms. The van der Waals surface area contributed by atoms with Crippen LogP contribution in [-0.4, -0.2) is 39.0 Å². The maximum absolute atomic E-state index is 12.8. The van der Waals surface area contributed by atoms with Crippen LogP contribution in [0.25, 0.3) is 0 Å². The Bertz CT molecular complexity index is 563. The van der Waals surface area contributed by atoms with Gasteiger partial charge in [0.15, 0.2) is 0 Å². The van der Waals surface area contributed by atoms with E-state index < -0.39 is 10.0 Å². The molecule has 1 atom stereocenters. The molecule has 5 nitrogen and oxygen atoms in total. The minimum atomic E-state index is -3.66. The van der Waals surface area contributed by atoms with Crippen molar-refractivity contribution in [3.63, 3.8) is 0 Å². The molecule has 0 amide bonds. The lowest BCUT2D eigenvalue weighted by Gasteiger charge is -2.27. The zero-order valence-corrected chi connectivity index (χ0v) is 14.2. The molecule has 0 saturated heterocycles. The average molecular weight is 335 g/mol. The highest BCUT2D eigenvalue weighted by Crippen LogP contribution is 2.27. The van der Waals surface area contributed by atoms with E-state index >= 15 is 0 Å². The van der Waals surface area contributed by atoms with E-state index in [1.54, 1.807) is 19.2 Å². The van der Waals surface area contributed by atoms with Crippen LogP contribution < -0.4 is 5.73 Å². The van der Waals surface area contributed by atoms with Crippen molar-refractivity contribution in [3.8, 4) is 0 Å². The minimum absolute atomic E-state index is 0.109. The Morgan fingerprint density at radius 3 is 2.57 bits per heavy atom. The van der Waals surface area contributed by atoms with Crippen LogP contribution in [0.15, 0.2) is 23.1 Å². The molecule has 7 heteroatoms. The third-order valence-corrected chi connectivity index (χ3v) is 5.91. The Balaban J connectivity index is 3.21. The van der Waals surface area contributed by atoms with Crippen LogP contribution in [0.2, 0.25) is 5.02 Å². The molecule has 0 aliphatic carbocycles. The third kappa shape index (κ3) is 4.40. The van der Waals surface area contributed by atoms with Crippen molar-refractivity contribution < 1.29 is 13.2 Å². The van der Waals surface area contributed by atoms with Gasteiger partial charge in [0.05, 0.1) is 11.6 Å². The van der Waals surface area contributed by atoms with Gasteiger partial charge < -0.3 is 10.5 Å². The van der Waals surface area contributed by atoms with Crippen molar-refractivity contribution >= 4 is 21.6 Å². The smallest absolute Gasteiger partial charge is 0.244 e. The lowest BCUT2D eigenvalue weighted by molar-refractivity contribution is 0.167. The molecular formula is C14H23ClN2O3S. The van der Waals surface area contributed by atoms with Crippen LogP contribution in [0, 0.1) is 0 Å². The summed E-state index contributed by atoms with van der Waals surface area (Å²) in [5.74, 6) is 0. The number of nitrogens with two attached hydrogens (primary N) is 1. The van der Waals surface area contributed by atoms with Crippen molar-refractivity contribution in [2.45, 2.75) is 37.8 Å². The fraction of sp³-hybridized carbons (Fsp3) is 0.571. The highest BCUT2D eigenvalue weighted by molar-refractivity contribution is 7.89. The van der Waals surface area contributed by atoms with Crippen LogP contribution >= 0.6 is 11.6 Å². The van der Waals surface area contributed by atoms with Crippen molar-refractivity contribution in [2.24, 2.45) is 5.73 Å². The van der Waals surface area contributed by atoms with Crippen LogP contribution in [0.5, 0.6) is 0 Å². The largest absolute Gasteiger partial charge is 0.383 e. The molecule has 1 unspecified atom stereocenters. The summed E-state index contributed by atoms with van der Waals surface area (Å²) >= 11 is 6.13.